The third-order valence-electron chi connectivity index (χ3n) is 2.54. The van der Waals surface area contributed by atoms with Gasteiger partial charge in [-0.25, -0.2) is 4.79 Å². The summed E-state index contributed by atoms with van der Waals surface area (Å²) >= 11 is 11.8. The number of carbonyl (C=O) groups excluding carboxylic acids is 1. The Labute approximate surface area is 115 Å². The fourth-order valence-electron chi connectivity index (χ4n) is 1.62. The molecule has 0 unspecified atom stereocenters. The highest BCUT2D eigenvalue weighted by atomic mass is 35.5. The van der Waals surface area contributed by atoms with E-state index in [0.717, 1.165) is 11.1 Å². The number of methoxy groups -OCH3 is 1. The van der Waals surface area contributed by atoms with Crippen LogP contribution in [0.3, 0.4) is 0 Å². The smallest absolute Gasteiger partial charge is 0.337 e. The van der Waals surface area contributed by atoms with E-state index in [1.807, 2.05) is 12.1 Å². The largest absolute Gasteiger partial charge is 0.465 e. The van der Waals surface area contributed by atoms with Crippen LogP contribution in [0.2, 0.25) is 10.0 Å². The van der Waals surface area contributed by atoms with Gasteiger partial charge in [0.15, 0.2) is 0 Å². The summed E-state index contributed by atoms with van der Waals surface area (Å²) < 4.78 is 4.68. The first-order valence-corrected chi connectivity index (χ1v) is 6.01. The number of halogens is 2. The fraction of sp³-hybridized carbons (Fsp3) is 0.0714. The van der Waals surface area contributed by atoms with Crippen LogP contribution in [0.5, 0.6) is 0 Å². The van der Waals surface area contributed by atoms with E-state index >= 15 is 0 Å². The first-order chi connectivity index (χ1) is 8.61. The lowest BCUT2D eigenvalue weighted by atomic mass is 10.0. The standard InChI is InChI=1S/C14H10Cl2O2/c1-18-14(17)11-4-2-3-9(7-11)10-5-6-12(15)13(16)8-10/h2-8H,1H3. The van der Waals surface area contributed by atoms with Gasteiger partial charge in [0.05, 0.1) is 22.7 Å². The van der Waals surface area contributed by atoms with Gasteiger partial charge >= 0.3 is 5.97 Å². The van der Waals surface area contributed by atoms with Crippen LogP contribution in [0.25, 0.3) is 11.1 Å². The van der Waals surface area contributed by atoms with Crippen LogP contribution in [0.15, 0.2) is 42.5 Å². The molecule has 2 aromatic carbocycles. The monoisotopic (exact) mass is 280 g/mol. The van der Waals surface area contributed by atoms with Crippen LogP contribution in [0.4, 0.5) is 0 Å². The van der Waals surface area contributed by atoms with Gasteiger partial charge in [-0.15, -0.1) is 0 Å². The molecule has 0 aromatic heterocycles. The second-order valence-electron chi connectivity index (χ2n) is 3.70. The second kappa shape index (κ2) is 5.42. The van der Waals surface area contributed by atoms with Gasteiger partial charge in [0, 0.05) is 0 Å². The Hall–Kier alpha value is -1.51. The van der Waals surface area contributed by atoms with Crippen molar-refractivity contribution in [3.8, 4) is 11.1 Å². The molecule has 0 spiro atoms. The fourth-order valence-corrected chi connectivity index (χ4v) is 1.92. The number of rotatable bonds is 2. The summed E-state index contributed by atoms with van der Waals surface area (Å²) in [4.78, 5) is 11.4. The maximum Gasteiger partial charge on any atom is 0.337 e. The van der Waals surface area contributed by atoms with Gasteiger partial charge in [-0.1, -0.05) is 41.4 Å². The molecule has 0 saturated heterocycles. The summed E-state index contributed by atoms with van der Waals surface area (Å²) in [6.45, 7) is 0. The maximum absolute atomic E-state index is 11.4. The first-order valence-electron chi connectivity index (χ1n) is 5.25. The normalized spacial score (nSPS) is 10.2. The molecule has 0 aliphatic rings. The van der Waals surface area contributed by atoms with Gasteiger partial charge in [-0.3, -0.25) is 0 Å². The molecule has 0 N–H and O–H groups in total. The summed E-state index contributed by atoms with van der Waals surface area (Å²) in [5, 5.41) is 0.988. The molecular weight excluding hydrogens is 271 g/mol. The Balaban J connectivity index is 2.44. The van der Waals surface area contributed by atoms with Crippen molar-refractivity contribution >= 4 is 29.2 Å². The molecule has 0 radical (unpaired) electrons. The number of benzene rings is 2. The van der Waals surface area contributed by atoms with E-state index in [9.17, 15) is 4.79 Å². The Morgan fingerprint density at radius 2 is 1.72 bits per heavy atom. The zero-order valence-corrected chi connectivity index (χ0v) is 11.1. The van der Waals surface area contributed by atoms with Crippen molar-refractivity contribution in [1.82, 2.24) is 0 Å². The molecule has 0 aliphatic heterocycles. The van der Waals surface area contributed by atoms with Crippen molar-refractivity contribution in [2.45, 2.75) is 0 Å². The number of hydrogen-bond donors (Lipinski definition) is 0. The van der Waals surface area contributed by atoms with Crippen molar-refractivity contribution in [1.29, 1.82) is 0 Å². The number of esters is 1. The van der Waals surface area contributed by atoms with E-state index in [1.54, 1.807) is 30.3 Å². The lowest BCUT2D eigenvalue weighted by Gasteiger charge is -2.05. The first kappa shape index (κ1) is 12.9. The third kappa shape index (κ3) is 2.66. The summed E-state index contributed by atoms with van der Waals surface area (Å²) in [5.41, 5.74) is 2.28. The summed E-state index contributed by atoms with van der Waals surface area (Å²) in [7, 11) is 1.36. The second-order valence-corrected chi connectivity index (χ2v) is 4.52. The molecule has 0 amide bonds. The highest BCUT2D eigenvalue weighted by Gasteiger charge is 2.07. The molecule has 4 heteroatoms. The van der Waals surface area contributed by atoms with Crippen molar-refractivity contribution in [3.05, 3.63) is 58.1 Å². The van der Waals surface area contributed by atoms with E-state index in [1.165, 1.54) is 7.11 Å². The van der Waals surface area contributed by atoms with Crippen molar-refractivity contribution in [3.63, 3.8) is 0 Å². The van der Waals surface area contributed by atoms with E-state index < -0.39 is 0 Å². The molecule has 0 atom stereocenters. The van der Waals surface area contributed by atoms with Crippen LogP contribution >= 0.6 is 23.2 Å². The Kier molecular flexibility index (Phi) is 3.90. The van der Waals surface area contributed by atoms with E-state index in [-0.39, 0.29) is 5.97 Å². The lowest BCUT2D eigenvalue weighted by Crippen LogP contribution is -2.00. The van der Waals surface area contributed by atoms with Crippen LogP contribution in [0.1, 0.15) is 10.4 Å². The van der Waals surface area contributed by atoms with Gasteiger partial charge in [-0.05, 0) is 35.4 Å². The molecule has 2 nitrogen and oxygen atoms in total. The average molecular weight is 281 g/mol. The van der Waals surface area contributed by atoms with Gasteiger partial charge in [0.1, 0.15) is 0 Å². The molecular formula is C14H10Cl2O2. The van der Waals surface area contributed by atoms with Crippen LogP contribution in [0, 0.1) is 0 Å². The minimum Gasteiger partial charge on any atom is -0.465 e. The van der Waals surface area contributed by atoms with Crippen LogP contribution in [-0.4, -0.2) is 13.1 Å². The summed E-state index contributed by atoms with van der Waals surface area (Å²) in [6.07, 6.45) is 0. The van der Waals surface area contributed by atoms with Gasteiger partial charge in [0.25, 0.3) is 0 Å². The quantitative estimate of drug-likeness (QED) is 0.760. The molecule has 92 valence electrons. The predicted molar refractivity (Wildman–Crippen MR) is 73.2 cm³/mol. The van der Waals surface area contributed by atoms with Crippen LogP contribution < -0.4 is 0 Å². The maximum atomic E-state index is 11.4. The van der Waals surface area contributed by atoms with Crippen molar-refractivity contribution in [2.24, 2.45) is 0 Å². The van der Waals surface area contributed by atoms with E-state index in [0.29, 0.717) is 15.6 Å². The van der Waals surface area contributed by atoms with Crippen molar-refractivity contribution in [2.75, 3.05) is 7.11 Å². The molecule has 0 bridgehead atoms. The molecule has 0 aliphatic carbocycles. The van der Waals surface area contributed by atoms with Gasteiger partial charge in [-0.2, -0.15) is 0 Å². The predicted octanol–water partition coefficient (Wildman–Crippen LogP) is 4.45. The number of ether oxygens (including phenoxy) is 1. The lowest BCUT2D eigenvalue weighted by molar-refractivity contribution is 0.0601. The van der Waals surface area contributed by atoms with Gasteiger partial charge < -0.3 is 4.74 Å². The Morgan fingerprint density at radius 1 is 1.00 bits per heavy atom. The van der Waals surface area contributed by atoms with Crippen molar-refractivity contribution < 1.29 is 9.53 Å². The van der Waals surface area contributed by atoms with Gasteiger partial charge in [0.2, 0.25) is 0 Å². The Morgan fingerprint density at radius 3 is 2.39 bits per heavy atom. The molecule has 2 aromatic rings. The van der Waals surface area contributed by atoms with E-state index in [4.69, 9.17) is 23.2 Å². The summed E-state index contributed by atoms with van der Waals surface area (Å²) in [6, 6.07) is 12.5. The zero-order chi connectivity index (χ0) is 13.1. The highest BCUT2D eigenvalue weighted by molar-refractivity contribution is 6.42. The van der Waals surface area contributed by atoms with E-state index in [2.05, 4.69) is 4.74 Å². The molecule has 2 rings (SSSR count). The molecule has 18 heavy (non-hydrogen) atoms. The molecule has 0 saturated carbocycles. The molecule has 0 fully saturated rings. The topological polar surface area (TPSA) is 26.3 Å². The number of hydrogen-bond acceptors (Lipinski definition) is 2. The molecule has 0 heterocycles. The minimum absolute atomic E-state index is 0.364. The SMILES string of the molecule is COC(=O)c1cccc(-c2ccc(Cl)c(Cl)c2)c1. The zero-order valence-electron chi connectivity index (χ0n) is 9.61. The third-order valence-corrected chi connectivity index (χ3v) is 3.28. The Bertz CT molecular complexity index is 594. The minimum atomic E-state index is -0.364. The average Bonchev–Trinajstić information content (AvgIpc) is 2.41. The highest BCUT2D eigenvalue weighted by Crippen LogP contribution is 2.28. The number of carbonyl (C=O) groups is 1. The summed E-state index contributed by atoms with van der Waals surface area (Å²) in [5.74, 6) is -0.364. The van der Waals surface area contributed by atoms with Crippen LogP contribution in [-0.2, 0) is 4.74 Å².